The van der Waals surface area contributed by atoms with Crippen molar-refractivity contribution in [2.45, 2.75) is 63.4 Å². The van der Waals surface area contributed by atoms with E-state index >= 15 is 0 Å². The van der Waals surface area contributed by atoms with Crippen LogP contribution in [0.4, 0.5) is 10.5 Å². The standard InChI is InChI=1S/C20H30N4O4S/c1-14(18(25)21-20(2,3)4)22-29(27,28)16-7-8-17-15(13-16)9-12-24(17)19(26)23-10-5-6-11-23/h7-8,13-14,22H,5-6,9-12H2,1-4H3,(H,21,25). The van der Waals surface area contributed by atoms with Crippen molar-refractivity contribution in [3.8, 4) is 0 Å². The highest BCUT2D eigenvalue weighted by molar-refractivity contribution is 7.89. The number of anilines is 1. The molecular weight excluding hydrogens is 392 g/mol. The Morgan fingerprint density at radius 3 is 2.38 bits per heavy atom. The highest BCUT2D eigenvalue weighted by atomic mass is 32.2. The van der Waals surface area contributed by atoms with E-state index in [4.69, 9.17) is 0 Å². The molecule has 2 N–H and O–H groups in total. The van der Waals surface area contributed by atoms with E-state index in [1.807, 2.05) is 25.7 Å². The fourth-order valence-corrected chi connectivity index (χ4v) is 4.91. The summed E-state index contributed by atoms with van der Waals surface area (Å²) in [5.74, 6) is -0.385. The zero-order chi connectivity index (χ0) is 21.4. The molecule has 0 aromatic heterocycles. The monoisotopic (exact) mass is 422 g/mol. The van der Waals surface area contributed by atoms with Crippen LogP contribution >= 0.6 is 0 Å². The van der Waals surface area contributed by atoms with Crippen LogP contribution in [0.2, 0.25) is 0 Å². The van der Waals surface area contributed by atoms with E-state index in [9.17, 15) is 18.0 Å². The van der Waals surface area contributed by atoms with Gasteiger partial charge in [0.25, 0.3) is 0 Å². The number of hydrogen-bond acceptors (Lipinski definition) is 4. The van der Waals surface area contributed by atoms with Gasteiger partial charge in [-0.05, 0) is 70.7 Å². The lowest BCUT2D eigenvalue weighted by Gasteiger charge is -2.25. The summed E-state index contributed by atoms with van der Waals surface area (Å²) in [6, 6.07) is 3.86. The summed E-state index contributed by atoms with van der Waals surface area (Å²) in [5, 5.41) is 2.76. The third-order valence-electron chi connectivity index (χ3n) is 5.09. The number of nitrogens with zero attached hydrogens (tertiary/aromatic N) is 2. The fourth-order valence-electron chi connectivity index (χ4n) is 3.66. The minimum Gasteiger partial charge on any atom is -0.350 e. The van der Waals surface area contributed by atoms with Gasteiger partial charge in [-0.25, -0.2) is 13.2 Å². The van der Waals surface area contributed by atoms with E-state index < -0.39 is 21.6 Å². The first kappa shape index (κ1) is 21.6. The number of rotatable bonds is 4. The van der Waals surface area contributed by atoms with Crippen LogP contribution in [0.3, 0.4) is 0 Å². The molecule has 1 atom stereocenters. The largest absolute Gasteiger partial charge is 0.350 e. The molecule has 0 spiro atoms. The van der Waals surface area contributed by atoms with Crippen molar-refractivity contribution >= 4 is 27.6 Å². The second kappa shape index (κ2) is 7.95. The average molecular weight is 423 g/mol. The molecule has 3 amide bonds. The van der Waals surface area contributed by atoms with E-state index in [1.165, 1.54) is 13.0 Å². The molecule has 2 aliphatic rings. The summed E-state index contributed by atoms with van der Waals surface area (Å²) >= 11 is 0. The van der Waals surface area contributed by atoms with Gasteiger partial charge in [0, 0.05) is 30.9 Å². The van der Waals surface area contributed by atoms with Crippen molar-refractivity contribution in [1.82, 2.24) is 14.9 Å². The maximum absolute atomic E-state index is 12.8. The molecule has 160 valence electrons. The van der Waals surface area contributed by atoms with E-state index in [0.717, 1.165) is 37.2 Å². The molecule has 1 aromatic carbocycles. The first-order valence-corrected chi connectivity index (χ1v) is 11.5. The maximum atomic E-state index is 12.8. The van der Waals surface area contributed by atoms with E-state index in [0.29, 0.717) is 13.0 Å². The predicted molar refractivity (Wildman–Crippen MR) is 111 cm³/mol. The third kappa shape index (κ3) is 4.90. The fraction of sp³-hybridized carbons (Fsp3) is 0.600. The van der Waals surface area contributed by atoms with Crippen LogP contribution < -0.4 is 14.9 Å². The Balaban J connectivity index is 1.73. The maximum Gasteiger partial charge on any atom is 0.324 e. The predicted octanol–water partition coefficient (Wildman–Crippen LogP) is 1.85. The van der Waals surface area contributed by atoms with Crippen molar-refractivity contribution < 1.29 is 18.0 Å². The quantitative estimate of drug-likeness (QED) is 0.774. The number of likely N-dealkylation sites (tertiary alicyclic amines) is 1. The summed E-state index contributed by atoms with van der Waals surface area (Å²) < 4.78 is 28.0. The van der Waals surface area contributed by atoms with Crippen LogP contribution in [0.5, 0.6) is 0 Å². The normalized spacial score (nSPS) is 17.9. The van der Waals surface area contributed by atoms with Crippen LogP contribution in [0.1, 0.15) is 46.1 Å². The number of amides is 3. The van der Waals surface area contributed by atoms with Crippen LogP contribution in [0, 0.1) is 0 Å². The van der Waals surface area contributed by atoms with Crippen LogP contribution in [-0.2, 0) is 21.2 Å². The van der Waals surface area contributed by atoms with E-state index in [-0.39, 0.29) is 16.8 Å². The number of hydrogen-bond donors (Lipinski definition) is 2. The first-order valence-electron chi connectivity index (χ1n) is 10.0. The number of sulfonamides is 1. The van der Waals surface area contributed by atoms with Gasteiger partial charge in [0.1, 0.15) is 0 Å². The molecule has 1 saturated heterocycles. The molecular formula is C20H30N4O4S. The summed E-state index contributed by atoms with van der Waals surface area (Å²) in [7, 11) is -3.86. The summed E-state index contributed by atoms with van der Waals surface area (Å²) in [5.41, 5.74) is 1.14. The number of urea groups is 1. The van der Waals surface area contributed by atoms with Crippen LogP contribution in [-0.4, -0.2) is 56.5 Å². The van der Waals surface area contributed by atoms with Gasteiger partial charge in [-0.15, -0.1) is 0 Å². The van der Waals surface area contributed by atoms with Gasteiger partial charge in [-0.1, -0.05) is 0 Å². The molecule has 3 rings (SSSR count). The van der Waals surface area contributed by atoms with Gasteiger partial charge < -0.3 is 10.2 Å². The molecule has 0 aliphatic carbocycles. The Kier molecular flexibility index (Phi) is 5.91. The Hall–Kier alpha value is -2.13. The van der Waals surface area contributed by atoms with Gasteiger partial charge in [0.2, 0.25) is 15.9 Å². The average Bonchev–Trinajstić information content (AvgIpc) is 3.28. The molecule has 0 radical (unpaired) electrons. The molecule has 2 heterocycles. The van der Waals surface area contributed by atoms with Crippen molar-refractivity contribution in [1.29, 1.82) is 0 Å². The minimum atomic E-state index is -3.86. The lowest BCUT2D eigenvalue weighted by molar-refractivity contribution is -0.123. The number of carbonyl (C=O) groups is 2. The molecule has 8 nitrogen and oxygen atoms in total. The smallest absolute Gasteiger partial charge is 0.324 e. The molecule has 2 aliphatic heterocycles. The SMILES string of the molecule is CC(NS(=O)(=O)c1ccc2c(c1)CCN2C(=O)N1CCCC1)C(=O)NC(C)(C)C. The van der Waals surface area contributed by atoms with Gasteiger partial charge in [0.15, 0.2) is 0 Å². The summed E-state index contributed by atoms with van der Waals surface area (Å²) in [6.07, 6.45) is 2.66. The molecule has 1 fully saturated rings. The van der Waals surface area contributed by atoms with Crippen LogP contribution in [0.15, 0.2) is 23.1 Å². The molecule has 9 heteroatoms. The lowest BCUT2D eigenvalue weighted by Crippen LogP contribution is -2.50. The molecule has 29 heavy (non-hydrogen) atoms. The van der Waals surface area contributed by atoms with Gasteiger partial charge in [-0.2, -0.15) is 4.72 Å². The second-order valence-corrected chi connectivity index (χ2v) is 10.5. The van der Waals surface area contributed by atoms with Crippen LogP contribution in [0.25, 0.3) is 0 Å². The van der Waals surface area contributed by atoms with E-state index in [2.05, 4.69) is 10.0 Å². The molecule has 0 saturated carbocycles. The molecule has 1 aromatic rings. The van der Waals surface area contributed by atoms with Crippen molar-refractivity contribution in [2.75, 3.05) is 24.5 Å². The van der Waals surface area contributed by atoms with Crippen molar-refractivity contribution in [2.24, 2.45) is 0 Å². The zero-order valence-electron chi connectivity index (χ0n) is 17.5. The third-order valence-corrected chi connectivity index (χ3v) is 6.63. The lowest BCUT2D eigenvalue weighted by atomic mass is 10.1. The topological polar surface area (TPSA) is 98.8 Å². The summed E-state index contributed by atoms with van der Waals surface area (Å²) in [4.78, 5) is 28.6. The Labute approximate surface area is 172 Å². The highest BCUT2D eigenvalue weighted by Crippen LogP contribution is 2.31. The van der Waals surface area contributed by atoms with E-state index in [1.54, 1.807) is 17.0 Å². The van der Waals surface area contributed by atoms with Crippen molar-refractivity contribution in [3.05, 3.63) is 23.8 Å². The minimum absolute atomic E-state index is 0.0116. The number of nitrogens with one attached hydrogen (secondary N) is 2. The molecule has 0 bridgehead atoms. The number of carbonyl (C=O) groups excluding carboxylic acids is 2. The Bertz CT molecular complexity index is 902. The van der Waals surface area contributed by atoms with Crippen molar-refractivity contribution in [3.63, 3.8) is 0 Å². The summed E-state index contributed by atoms with van der Waals surface area (Å²) in [6.45, 7) is 9.12. The number of fused-ring (bicyclic) bond motifs is 1. The molecule has 1 unspecified atom stereocenters. The second-order valence-electron chi connectivity index (χ2n) is 8.75. The first-order chi connectivity index (χ1) is 13.5. The zero-order valence-corrected chi connectivity index (χ0v) is 18.3. The highest BCUT2D eigenvalue weighted by Gasteiger charge is 2.31. The van der Waals surface area contributed by atoms with Gasteiger partial charge >= 0.3 is 6.03 Å². The Morgan fingerprint density at radius 1 is 1.10 bits per heavy atom. The number of benzene rings is 1. The Morgan fingerprint density at radius 2 is 1.76 bits per heavy atom. The van der Waals surface area contributed by atoms with Gasteiger partial charge in [-0.3, -0.25) is 9.69 Å². The van der Waals surface area contributed by atoms with Gasteiger partial charge in [0.05, 0.1) is 10.9 Å².